The highest BCUT2D eigenvalue weighted by molar-refractivity contribution is 5.71. The number of hydrogen-bond donors (Lipinski definition) is 1. The van der Waals surface area contributed by atoms with Gasteiger partial charge >= 0.3 is 0 Å². The highest BCUT2D eigenvalue weighted by Crippen LogP contribution is 2.38. The second-order valence-electron chi connectivity index (χ2n) is 6.90. The first-order valence-electron chi connectivity index (χ1n) is 9.07. The van der Waals surface area contributed by atoms with Gasteiger partial charge in [-0.05, 0) is 44.0 Å². The van der Waals surface area contributed by atoms with E-state index in [9.17, 15) is 0 Å². The lowest BCUT2D eigenvalue weighted by Crippen LogP contribution is -2.25. The smallest absolute Gasteiger partial charge is 0.231 e. The highest BCUT2D eigenvalue weighted by Gasteiger charge is 2.28. The number of benzene rings is 2. The molecule has 0 amide bonds. The zero-order valence-corrected chi connectivity index (χ0v) is 15.3. The van der Waals surface area contributed by atoms with Crippen molar-refractivity contribution in [3.8, 4) is 11.5 Å². The minimum absolute atomic E-state index is 0.266. The zero-order chi connectivity index (χ0) is 18.4. The Kier molecular flexibility index (Phi) is 3.63. The van der Waals surface area contributed by atoms with Gasteiger partial charge in [-0.25, -0.2) is 9.97 Å². The second-order valence-corrected chi connectivity index (χ2v) is 6.90. The van der Waals surface area contributed by atoms with Gasteiger partial charge in [-0.1, -0.05) is 18.2 Å². The molecule has 1 aromatic heterocycles. The van der Waals surface area contributed by atoms with E-state index in [1.54, 1.807) is 0 Å². The van der Waals surface area contributed by atoms with Crippen molar-refractivity contribution in [2.75, 3.05) is 17.0 Å². The standard InChI is InChI=1S/C21H20N4O2/c1-13-9-15-5-3-4-6-17(15)25(13)21-11-20(22-14(2)23-21)24-16-7-8-18-19(10-16)27-12-26-18/h3-8,10-11,13H,9,12H2,1-2H3,(H,22,23,24). The Labute approximate surface area is 157 Å². The Morgan fingerprint density at radius 2 is 1.89 bits per heavy atom. The van der Waals surface area contributed by atoms with Crippen molar-refractivity contribution in [1.82, 2.24) is 9.97 Å². The van der Waals surface area contributed by atoms with Crippen LogP contribution in [0, 0.1) is 6.92 Å². The molecule has 3 heterocycles. The molecule has 3 aromatic rings. The minimum atomic E-state index is 0.266. The van der Waals surface area contributed by atoms with E-state index in [4.69, 9.17) is 14.5 Å². The van der Waals surface area contributed by atoms with Crippen LogP contribution in [0.4, 0.5) is 23.0 Å². The van der Waals surface area contributed by atoms with Crippen LogP contribution in [0.15, 0.2) is 48.5 Å². The summed E-state index contributed by atoms with van der Waals surface area (Å²) in [7, 11) is 0. The predicted molar refractivity (Wildman–Crippen MR) is 104 cm³/mol. The molecule has 2 aromatic carbocycles. The SMILES string of the molecule is Cc1nc(Nc2ccc3c(c2)OCO3)cc(N2c3ccccc3CC2C)n1. The van der Waals surface area contributed by atoms with E-state index < -0.39 is 0 Å². The van der Waals surface area contributed by atoms with Crippen molar-refractivity contribution >= 4 is 23.0 Å². The molecular formula is C21H20N4O2. The minimum Gasteiger partial charge on any atom is -0.454 e. The zero-order valence-electron chi connectivity index (χ0n) is 15.3. The van der Waals surface area contributed by atoms with Crippen LogP contribution < -0.4 is 19.7 Å². The maximum Gasteiger partial charge on any atom is 0.231 e. The van der Waals surface area contributed by atoms with E-state index in [1.807, 2.05) is 31.2 Å². The van der Waals surface area contributed by atoms with Gasteiger partial charge in [0.2, 0.25) is 6.79 Å². The van der Waals surface area contributed by atoms with E-state index in [-0.39, 0.29) is 6.79 Å². The number of nitrogens with zero attached hydrogens (tertiary/aromatic N) is 3. The van der Waals surface area contributed by atoms with E-state index in [0.717, 1.165) is 41.1 Å². The molecule has 2 aliphatic heterocycles. The van der Waals surface area contributed by atoms with Crippen molar-refractivity contribution in [3.05, 3.63) is 59.9 Å². The number of para-hydroxylation sites is 1. The Morgan fingerprint density at radius 3 is 2.81 bits per heavy atom. The van der Waals surface area contributed by atoms with Gasteiger partial charge in [-0.3, -0.25) is 0 Å². The van der Waals surface area contributed by atoms with Crippen molar-refractivity contribution in [1.29, 1.82) is 0 Å². The number of aryl methyl sites for hydroxylation is 1. The van der Waals surface area contributed by atoms with Crippen molar-refractivity contribution < 1.29 is 9.47 Å². The molecule has 0 bridgehead atoms. The molecule has 0 radical (unpaired) electrons. The monoisotopic (exact) mass is 360 g/mol. The lowest BCUT2D eigenvalue weighted by atomic mass is 10.1. The number of rotatable bonds is 3. The van der Waals surface area contributed by atoms with Crippen LogP contribution >= 0.6 is 0 Å². The fourth-order valence-corrected chi connectivity index (χ4v) is 3.78. The summed E-state index contributed by atoms with van der Waals surface area (Å²) >= 11 is 0. The van der Waals surface area contributed by atoms with Gasteiger partial charge < -0.3 is 19.7 Å². The van der Waals surface area contributed by atoms with Crippen LogP contribution in [0.1, 0.15) is 18.3 Å². The molecule has 0 saturated heterocycles. The van der Waals surface area contributed by atoms with Crippen LogP contribution in [0.5, 0.6) is 11.5 Å². The molecule has 5 rings (SSSR count). The molecule has 6 heteroatoms. The van der Waals surface area contributed by atoms with Gasteiger partial charge in [-0.15, -0.1) is 0 Å². The number of ether oxygens (including phenoxy) is 2. The number of nitrogens with one attached hydrogen (secondary N) is 1. The van der Waals surface area contributed by atoms with Gasteiger partial charge in [0.25, 0.3) is 0 Å². The van der Waals surface area contributed by atoms with Crippen LogP contribution in [0.3, 0.4) is 0 Å². The average molecular weight is 360 g/mol. The highest BCUT2D eigenvalue weighted by atomic mass is 16.7. The molecule has 2 aliphatic rings. The lowest BCUT2D eigenvalue weighted by molar-refractivity contribution is 0.174. The van der Waals surface area contributed by atoms with Crippen LogP contribution in [0.2, 0.25) is 0 Å². The summed E-state index contributed by atoms with van der Waals surface area (Å²) in [6, 6.07) is 16.6. The van der Waals surface area contributed by atoms with Gasteiger partial charge in [0, 0.05) is 29.5 Å². The summed E-state index contributed by atoms with van der Waals surface area (Å²) in [5.74, 6) is 3.90. The molecule has 6 nitrogen and oxygen atoms in total. The molecule has 0 fully saturated rings. The maximum atomic E-state index is 5.46. The lowest BCUT2D eigenvalue weighted by Gasteiger charge is -2.24. The average Bonchev–Trinajstić information content (AvgIpc) is 3.23. The molecule has 0 saturated carbocycles. The molecule has 0 spiro atoms. The molecule has 1 unspecified atom stereocenters. The number of anilines is 4. The summed E-state index contributed by atoms with van der Waals surface area (Å²) in [4.78, 5) is 11.5. The number of fused-ring (bicyclic) bond motifs is 2. The third-order valence-electron chi connectivity index (χ3n) is 4.92. The van der Waals surface area contributed by atoms with Crippen molar-refractivity contribution in [2.45, 2.75) is 26.3 Å². The van der Waals surface area contributed by atoms with E-state index in [2.05, 4.69) is 46.4 Å². The van der Waals surface area contributed by atoms with E-state index in [1.165, 1.54) is 11.3 Å². The number of hydrogen-bond acceptors (Lipinski definition) is 6. The predicted octanol–water partition coefficient (Wildman–Crippen LogP) is 4.34. The first-order valence-corrected chi connectivity index (χ1v) is 9.07. The fraction of sp³-hybridized carbons (Fsp3) is 0.238. The maximum absolute atomic E-state index is 5.46. The molecule has 1 N–H and O–H groups in total. The Morgan fingerprint density at radius 1 is 1.04 bits per heavy atom. The normalized spacial score (nSPS) is 17.1. The Balaban J connectivity index is 1.48. The molecule has 1 atom stereocenters. The summed E-state index contributed by atoms with van der Waals surface area (Å²) < 4.78 is 10.8. The van der Waals surface area contributed by atoms with E-state index >= 15 is 0 Å². The molecule has 0 aliphatic carbocycles. The molecule has 136 valence electrons. The number of aromatic nitrogens is 2. The quantitative estimate of drug-likeness (QED) is 0.750. The third-order valence-corrected chi connectivity index (χ3v) is 4.92. The largest absolute Gasteiger partial charge is 0.454 e. The molecular weight excluding hydrogens is 340 g/mol. The van der Waals surface area contributed by atoms with Gasteiger partial charge in [-0.2, -0.15) is 0 Å². The van der Waals surface area contributed by atoms with Crippen LogP contribution in [-0.2, 0) is 6.42 Å². The summed E-state index contributed by atoms with van der Waals surface area (Å²) in [5.41, 5.74) is 3.47. The topological polar surface area (TPSA) is 59.5 Å². The van der Waals surface area contributed by atoms with Gasteiger partial charge in [0.1, 0.15) is 17.5 Å². The summed E-state index contributed by atoms with van der Waals surface area (Å²) in [6.45, 7) is 4.41. The van der Waals surface area contributed by atoms with Crippen LogP contribution in [0.25, 0.3) is 0 Å². The second kappa shape index (κ2) is 6.16. The third kappa shape index (κ3) is 2.83. The van der Waals surface area contributed by atoms with Gasteiger partial charge in [0.15, 0.2) is 11.5 Å². The summed E-state index contributed by atoms with van der Waals surface area (Å²) in [6.07, 6.45) is 1.02. The Bertz CT molecular complexity index is 1020. The van der Waals surface area contributed by atoms with Crippen LogP contribution in [-0.4, -0.2) is 22.8 Å². The fourth-order valence-electron chi connectivity index (χ4n) is 3.78. The first kappa shape index (κ1) is 15.9. The van der Waals surface area contributed by atoms with Gasteiger partial charge in [0.05, 0.1) is 0 Å². The van der Waals surface area contributed by atoms with Crippen molar-refractivity contribution in [3.63, 3.8) is 0 Å². The summed E-state index contributed by atoms with van der Waals surface area (Å²) in [5, 5.41) is 3.36. The van der Waals surface area contributed by atoms with E-state index in [0.29, 0.717) is 6.04 Å². The molecule has 27 heavy (non-hydrogen) atoms. The first-order chi connectivity index (χ1) is 13.2. The Hall–Kier alpha value is -3.28. The van der Waals surface area contributed by atoms with Crippen molar-refractivity contribution in [2.24, 2.45) is 0 Å².